The number of carbonyl (C=O) groups excluding carboxylic acids is 7. The summed E-state index contributed by atoms with van der Waals surface area (Å²) in [4.78, 5) is 108. The van der Waals surface area contributed by atoms with Crippen molar-refractivity contribution in [3.8, 4) is 0 Å². The quantitative estimate of drug-likeness (QED) is 0.342. The van der Waals surface area contributed by atoms with Crippen LogP contribution in [0, 0.1) is 36.3 Å². The maximum atomic E-state index is 14.9. The zero-order chi connectivity index (χ0) is 41.6. The number of benzene rings is 1. The Morgan fingerprint density at radius 1 is 0.914 bits per heavy atom. The second-order valence-corrected chi connectivity index (χ2v) is 16.7. The molecule has 4 saturated heterocycles. The van der Waals surface area contributed by atoms with Crippen LogP contribution in [-0.4, -0.2) is 116 Å². The van der Waals surface area contributed by atoms with E-state index in [1.54, 1.807) is 26.0 Å². The van der Waals surface area contributed by atoms with E-state index in [-0.39, 0.29) is 42.7 Å². The highest BCUT2D eigenvalue weighted by Crippen LogP contribution is 2.57. The number of fused-ring (bicyclic) bond motifs is 2. The molecule has 0 radical (unpaired) electrons. The van der Waals surface area contributed by atoms with Gasteiger partial charge in [0.1, 0.15) is 53.2 Å². The first-order chi connectivity index (χ1) is 27.6. The summed E-state index contributed by atoms with van der Waals surface area (Å²) in [7, 11) is 0. The fourth-order valence-corrected chi connectivity index (χ4v) is 9.65. The number of piperidine rings is 1. The number of urea groups is 1. The van der Waals surface area contributed by atoms with Gasteiger partial charge in [-0.15, -0.1) is 0 Å². The van der Waals surface area contributed by atoms with Crippen molar-refractivity contribution >= 4 is 47.2 Å². The van der Waals surface area contributed by atoms with E-state index in [2.05, 4.69) is 26.3 Å². The third-order valence-corrected chi connectivity index (χ3v) is 12.4. The molecular formula is C41H50F2N8O7. The van der Waals surface area contributed by atoms with E-state index >= 15 is 0 Å². The molecule has 4 N–H and O–H groups in total. The van der Waals surface area contributed by atoms with Gasteiger partial charge in [-0.05, 0) is 93.5 Å². The van der Waals surface area contributed by atoms with Crippen molar-refractivity contribution in [1.82, 2.24) is 35.6 Å². The second-order valence-electron chi connectivity index (χ2n) is 16.7. The molecule has 58 heavy (non-hydrogen) atoms. The van der Waals surface area contributed by atoms with Gasteiger partial charge in [-0.25, -0.2) is 18.6 Å². The number of ketones is 1. The molecule has 15 nitrogen and oxygen atoms in total. The van der Waals surface area contributed by atoms with Crippen LogP contribution < -0.4 is 21.3 Å². The van der Waals surface area contributed by atoms with Gasteiger partial charge in [-0.2, -0.15) is 0 Å². The minimum atomic E-state index is -1.50. The number of Topliss-reactive ketones (excluding diaryl/α,β-unsaturated/α-hetero) is 1. The molecule has 7 rings (SSSR count). The Labute approximate surface area is 335 Å². The number of carbonyl (C=O) groups is 7. The minimum absolute atomic E-state index is 0.0387. The molecule has 0 bridgehead atoms. The summed E-state index contributed by atoms with van der Waals surface area (Å²) >= 11 is 0. The van der Waals surface area contributed by atoms with Crippen LogP contribution in [-0.2, 0) is 35.2 Å². The van der Waals surface area contributed by atoms with Crippen LogP contribution in [0.3, 0.4) is 0 Å². The lowest BCUT2D eigenvalue weighted by molar-refractivity contribution is -0.151. The maximum absolute atomic E-state index is 14.9. The highest BCUT2D eigenvalue weighted by molar-refractivity contribution is 6.12. The Kier molecular flexibility index (Phi) is 11.3. The van der Waals surface area contributed by atoms with Crippen molar-refractivity contribution in [3.05, 3.63) is 59.3 Å². The van der Waals surface area contributed by atoms with Crippen LogP contribution in [0.1, 0.15) is 70.4 Å². The molecule has 1 saturated carbocycles. The monoisotopic (exact) mass is 804 g/mol. The average Bonchev–Trinajstić information content (AvgIpc) is 3.47. The Morgan fingerprint density at radius 2 is 1.60 bits per heavy atom. The van der Waals surface area contributed by atoms with Crippen LogP contribution in [0.4, 0.5) is 19.4 Å². The fourth-order valence-electron chi connectivity index (χ4n) is 9.65. The van der Waals surface area contributed by atoms with Crippen LogP contribution in [0.5, 0.6) is 0 Å². The number of halogens is 2. The number of aryl methyl sites for hydroxylation is 1. The summed E-state index contributed by atoms with van der Waals surface area (Å²) in [5.41, 5.74) is -0.411. The van der Waals surface area contributed by atoms with Gasteiger partial charge in [0, 0.05) is 38.3 Å². The summed E-state index contributed by atoms with van der Waals surface area (Å²) in [5.74, 6) is -6.71. The van der Waals surface area contributed by atoms with Crippen molar-refractivity contribution in [1.29, 1.82) is 0 Å². The highest BCUT2D eigenvalue weighted by atomic mass is 19.1. The van der Waals surface area contributed by atoms with E-state index in [0.29, 0.717) is 44.6 Å². The molecule has 5 fully saturated rings. The van der Waals surface area contributed by atoms with E-state index in [1.807, 2.05) is 13.8 Å². The number of anilines is 1. The molecule has 1 aromatic heterocycles. The molecule has 1 aromatic carbocycles. The van der Waals surface area contributed by atoms with Gasteiger partial charge in [0.2, 0.25) is 29.5 Å². The lowest BCUT2D eigenvalue weighted by Crippen LogP contribution is -2.61. The first kappa shape index (κ1) is 40.7. The topological polar surface area (TPSA) is 190 Å². The SMILES string of the molecule is Cc1ccc(NC(=O)N[C@@H](Cc2cc(F)cc(F)c2)C(=O)N[C@@H]2C(=O)N3CCC[C@H]3C(=O)N3CCCC[C@H]3C(=O)N[C@@H](C)C(=O)N3C[C@H](C)C[C@@]34C(=O)[C@@H]4[C@H]2C)nc1. The van der Waals surface area contributed by atoms with Crippen molar-refractivity contribution in [2.75, 3.05) is 25.0 Å². The molecule has 2 aromatic rings. The molecule has 5 heterocycles. The first-order valence-corrected chi connectivity index (χ1v) is 20.1. The molecule has 7 amide bonds. The average molecular weight is 805 g/mol. The summed E-state index contributed by atoms with van der Waals surface area (Å²) in [6.07, 6.45) is 3.92. The number of nitrogens with one attached hydrogen (secondary N) is 4. The maximum Gasteiger partial charge on any atom is 0.321 e. The van der Waals surface area contributed by atoms with Crippen molar-refractivity contribution in [2.45, 2.75) is 108 Å². The number of nitrogens with zero attached hydrogens (tertiary/aromatic N) is 4. The molecule has 1 aliphatic carbocycles. The Balaban J connectivity index is 1.25. The number of hydrogen-bond donors (Lipinski definition) is 4. The summed E-state index contributed by atoms with van der Waals surface area (Å²) in [6, 6.07) is -0.640. The highest BCUT2D eigenvalue weighted by Gasteiger charge is 2.74. The predicted octanol–water partition coefficient (Wildman–Crippen LogP) is 2.22. The summed E-state index contributed by atoms with van der Waals surface area (Å²) in [5, 5.41) is 10.7. The van der Waals surface area contributed by atoms with Crippen molar-refractivity contribution < 1.29 is 42.3 Å². The standard InChI is InChI=1S/C41H50F2N8O7/c1-21-10-11-31(44-19-21)47-40(58)46-28(16-25-14-26(42)17-27(43)15-25)35(53)48-33-23(3)32-34(52)41(32)18-22(2)20-51(41)37(55)24(4)45-36(54)29-8-5-6-12-49(29)38(56)30-9-7-13-50(30)39(33)57/h10-11,14-15,17,19,22-24,28-30,32-33H,5-9,12-13,16,18,20H2,1-4H3,(H,45,54)(H,48,53)(H2,44,46,47,58)/t22-,23-,24+,28+,29+,30+,32+,33+,41-/m1/s1. The van der Waals surface area contributed by atoms with Gasteiger partial charge in [-0.1, -0.05) is 19.9 Å². The van der Waals surface area contributed by atoms with Gasteiger partial charge < -0.3 is 30.7 Å². The number of amides is 7. The first-order valence-electron chi connectivity index (χ1n) is 20.1. The van der Waals surface area contributed by atoms with E-state index in [4.69, 9.17) is 0 Å². The molecule has 5 aliphatic rings. The van der Waals surface area contributed by atoms with Crippen LogP contribution in [0.2, 0.25) is 0 Å². The van der Waals surface area contributed by atoms with Gasteiger partial charge in [0.15, 0.2) is 5.78 Å². The van der Waals surface area contributed by atoms with E-state index < -0.39 is 101 Å². The van der Waals surface area contributed by atoms with E-state index in [0.717, 1.165) is 17.7 Å². The van der Waals surface area contributed by atoms with Crippen LogP contribution in [0.25, 0.3) is 0 Å². The smallest absolute Gasteiger partial charge is 0.321 e. The lowest BCUT2D eigenvalue weighted by atomic mass is 9.90. The minimum Gasteiger partial charge on any atom is -0.343 e. The molecule has 1 spiro atoms. The largest absolute Gasteiger partial charge is 0.343 e. The van der Waals surface area contributed by atoms with Gasteiger partial charge >= 0.3 is 6.03 Å². The molecule has 4 aliphatic heterocycles. The Morgan fingerprint density at radius 3 is 2.31 bits per heavy atom. The number of hydrogen-bond acceptors (Lipinski definition) is 8. The number of aromatic nitrogens is 1. The van der Waals surface area contributed by atoms with Gasteiger partial charge in [0.05, 0.1) is 5.92 Å². The molecular weight excluding hydrogens is 754 g/mol. The van der Waals surface area contributed by atoms with Crippen molar-refractivity contribution in [3.63, 3.8) is 0 Å². The van der Waals surface area contributed by atoms with Gasteiger partial charge in [0.25, 0.3) is 0 Å². The second kappa shape index (κ2) is 16.0. The number of pyridine rings is 1. The summed E-state index contributed by atoms with van der Waals surface area (Å²) in [6.45, 7) is 7.61. The van der Waals surface area contributed by atoms with E-state index in [9.17, 15) is 42.3 Å². The zero-order valence-electron chi connectivity index (χ0n) is 33.1. The Hall–Kier alpha value is -5.48. The fraction of sp³-hybridized carbons (Fsp3) is 0.561. The zero-order valence-corrected chi connectivity index (χ0v) is 33.1. The lowest BCUT2D eigenvalue weighted by Gasteiger charge is -2.39. The predicted molar refractivity (Wildman–Crippen MR) is 204 cm³/mol. The molecule has 17 heteroatoms. The third kappa shape index (κ3) is 7.74. The van der Waals surface area contributed by atoms with E-state index in [1.165, 1.54) is 20.9 Å². The normalized spacial score (nSPS) is 30.6. The van der Waals surface area contributed by atoms with Crippen LogP contribution in [0.15, 0.2) is 36.5 Å². The molecule has 0 unspecified atom stereocenters. The van der Waals surface area contributed by atoms with Gasteiger partial charge in [-0.3, -0.25) is 34.1 Å². The van der Waals surface area contributed by atoms with Crippen molar-refractivity contribution in [2.24, 2.45) is 17.8 Å². The Bertz CT molecular complexity index is 2000. The number of rotatable bonds is 6. The molecule has 9 atom stereocenters. The molecule has 310 valence electrons. The summed E-state index contributed by atoms with van der Waals surface area (Å²) < 4.78 is 28.7. The third-order valence-electron chi connectivity index (χ3n) is 12.4. The van der Waals surface area contributed by atoms with Crippen LogP contribution >= 0.6 is 0 Å².